The van der Waals surface area contributed by atoms with Crippen molar-refractivity contribution in [3.05, 3.63) is 59.9 Å². The molecule has 0 fully saturated rings. The van der Waals surface area contributed by atoms with Gasteiger partial charge < -0.3 is 9.64 Å². The lowest BCUT2D eigenvalue weighted by Gasteiger charge is -2.31. The molecule has 1 atom stereocenters. The van der Waals surface area contributed by atoms with Gasteiger partial charge in [-0.25, -0.2) is 12.8 Å². The zero-order valence-corrected chi connectivity index (χ0v) is 16.5. The van der Waals surface area contributed by atoms with Gasteiger partial charge in [-0.1, -0.05) is 18.2 Å². The van der Waals surface area contributed by atoms with Gasteiger partial charge in [0.05, 0.1) is 19.1 Å². The standard InChI is InChI=1S/C19H23FN2O4S/c1-14(22(27(4,24)25)17-7-5-6-16(20)12-17)19(23)21(2)13-15-8-10-18(26-3)11-9-15/h5-12,14H,13H2,1-4H3/t14-/m0/s1. The zero-order chi connectivity index (χ0) is 20.2. The average molecular weight is 394 g/mol. The van der Waals surface area contributed by atoms with Crippen LogP contribution < -0.4 is 9.04 Å². The number of hydrogen-bond acceptors (Lipinski definition) is 4. The van der Waals surface area contributed by atoms with E-state index in [0.29, 0.717) is 12.3 Å². The van der Waals surface area contributed by atoms with Gasteiger partial charge in [0.1, 0.15) is 17.6 Å². The van der Waals surface area contributed by atoms with E-state index < -0.39 is 27.8 Å². The predicted octanol–water partition coefficient (Wildman–Crippen LogP) is 2.65. The van der Waals surface area contributed by atoms with Crippen molar-refractivity contribution in [2.24, 2.45) is 0 Å². The lowest BCUT2D eigenvalue weighted by atomic mass is 10.2. The quantitative estimate of drug-likeness (QED) is 0.724. The van der Waals surface area contributed by atoms with Gasteiger partial charge in [-0.05, 0) is 42.8 Å². The summed E-state index contributed by atoms with van der Waals surface area (Å²) in [5.74, 6) is -0.275. The van der Waals surface area contributed by atoms with E-state index in [1.807, 2.05) is 12.1 Å². The normalized spacial score (nSPS) is 12.3. The van der Waals surface area contributed by atoms with E-state index >= 15 is 0 Å². The third-order valence-corrected chi connectivity index (χ3v) is 5.33. The first kappa shape index (κ1) is 20.7. The highest BCUT2D eigenvalue weighted by molar-refractivity contribution is 7.92. The largest absolute Gasteiger partial charge is 0.497 e. The van der Waals surface area contributed by atoms with E-state index in [4.69, 9.17) is 4.74 Å². The molecule has 1 amide bonds. The summed E-state index contributed by atoms with van der Waals surface area (Å²) < 4.78 is 44.1. The molecule has 27 heavy (non-hydrogen) atoms. The second kappa shape index (κ2) is 8.39. The van der Waals surface area contributed by atoms with Crippen molar-refractivity contribution >= 4 is 21.6 Å². The van der Waals surface area contributed by atoms with Crippen LogP contribution in [0, 0.1) is 5.82 Å². The predicted molar refractivity (Wildman–Crippen MR) is 103 cm³/mol. The van der Waals surface area contributed by atoms with Crippen molar-refractivity contribution < 1.29 is 22.3 Å². The van der Waals surface area contributed by atoms with Crippen molar-refractivity contribution in [3.63, 3.8) is 0 Å². The van der Waals surface area contributed by atoms with Gasteiger partial charge in [0.2, 0.25) is 15.9 Å². The van der Waals surface area contributed by atoms with E-state index in [-0.39, 0.29) is 5.69 Å². The van der Waals surface area contributed by atoms with Crippen LogP contribution in [0.5, 0.6) is 5.75 Å². The topological polar surface area (TPSA) is 66.9 Å². The summed E-state index contributed by atoms with van der Waals surface area (Å²) in [6, 6.07) is 11.4. The summed E-state index contributed by atoms with van der Waals surface area (Å²) in [6.07, 6.45) is 0.991. The summed E-state index contributed by atoms with van der Waals surface area (Å²) in [4.78, 5) is 14.3. The Bertz CT molecular complexity index is 900. The van der Waals surface area contributed by atoms with E-state index in [2.05, 4.69) is 0 Å². The number of carbonyl (C=O) groups is 1. The van der Waals surface area contributed by atoms with E-state index in [0.717, 1.165) is 22.2 Å². The molecule has 0 heterocycles. The van der Waals surface area contributed by atoms with Crippen LogP contribution in [0.25, 0.3) is 0 Å². The Kier molecular flexibility index (Phi) is 6.43. The van der Waals surface area contributed by atoms with Crippen LogP contribution in [0.1, 0.15) is 12.5 Å². The molecule has 8 heteroatoms. The van der Waals surface area contributed by atoms with Gasteiger partial charge in [0.25, 0.3) is 0 Å². The minimum absolute atomic E-state index is 0.108. The molecular formula is C19H23FN2O4S. The molecule has 0 spiro atoms. The van der Waals surface area contributed by atoms with Crippen LogP contribution in [-0.4, -0.2) is 45.7 Å². The van der Waals surface area contributed by atoms with Crippen LogP contribution in [0.4, 0.5) is 10.1 Å². The minimum Gasteiger partial charge on any atom is -0.497 e. The second-order valence-corrected chi connectivity index (χ2v) is 8.12. The van der Waals surface area contributed by atoms with E-state index in [1.165, 1.54) is 30.0 Å². The van der Waals surface area contributed by atoms with Crippen LogP contribution in [0.15, 0.2) is 48.5 Å². The summed E-state index contributed by atoms with van der Waals surface area (Å²) in [5, 5.41) is 0. The molecule has 2 rings (SSSR count). The zero-order valence-electron chi connectivity index (χ0n) is 15.7. The number of rotatable bonds is 7. The average Bonchev–Trinajstić information content (AvgIpc) is 2.60. The third kappa shape index (κ3) is 5.19. The molecule has 0 radical (unpaired) electrons. The highest BCUT2D eigenvalue weighted by Gasteiger charge is 2.31. The van der Waals surface area contributed by atoms with Crippen LogP contribution in [-0.2, 0) is 21.4 Å². The molecular weight excluding hydrogens is 371 g/mol. The molecule has 6 nitrogen and oxygen atoms in total. The number of amides is 1. The first-order valence-corrected chi connectivity index (χ1v) is 10.1. The Morgan fingerprint density at radius 3 is 2.33 bits per heavy atom. The Balaban J connectivity index is 2.23. The number of carbonyl (C=O) groups excluding carboxylic acids is 1. The first-order valence-electron chi connectivity index (χ1n) is 8.26. The van der Waals surface area contributed by atoms with Crippen molar-refractivity contribution in [1.29, 1.82) is 0 Å². The van der Waals surface area contributed by atoms with Crippen molar-refractivity contribution in [2.45, 2.75) is 19.5 Å². The fourth-order valence-corrected chi connectivity index (χ4v) is 3.98. The Morgan fingerprint density at radius 2 is 1.81 bits per heavy atom. The highest BCUT2D eigenvalue weighted by atomic mass is 32.2. The molecule has 2 aromatic rings. The summed E-state index contributed by atoms with van der Waals surface area (Å²) in [5.41, 5.74) is 0.978. The maximum absolute atomic E-state index is 13.6. The Morgan fingerprint density at radius 1 is 1.19 bits per heavy atom. The van der Waals surface area contributed by atoms with Crippen molar-refractivity contribution in [2.75, 3.05) is 24.7 Å². The number of methoxy groups -OCH3 is 1. The molecule has 146 valence electrons. The van der Waals surface area contributed by atoms with Crippen molar-refractivity contribution in [3.8, 4) is 5.75 Å². The van der Waals surface area contributed by atoms with Gasteiger partial charge in [0.15, 0.2) is 0 Å². The number of nitrogens with zero attached hydrogens (tertiary/aromatic N) is 2. The molecule has 0 unspecified atom stereocenters. The lowest BCUT2D eigenvalue weighted by molar-refractivity contribution is -0.131. The van der Waals surface area contributed by atoms with Crippen LogP contribution in [0.3, 0.4) is 0 Å². The summed E-state index contributed by atoms with van der Waals surface area (Å²) in [6.45, 7) is 1.78. The van der Waals surface area contributed by atoms with Crippen LogP contribution >= 0.6 is 0 Å². The Hall–Kier alpha value is -2.61. The van der Waals surface area contributed by atoms with E-state index in [1.54, 1.807) is 26.3 Å². The number of halogens is 1. The monoisotopic (exact) mass is 394 g/mol. The van der Waals surface area contributed by atoms with E-state index in [9.17, 15) is 17.6 Å². The lowest BCUT2D eigenvalue weighted by Crippen LogP contribution is -2.48. The number of benzene rings is 2. The van der Waals surface area contributed by atoms with Gasteiger partial charge in [0, 0.05) is 13.6 Å². The fraction of sp³-hybridized carbons (Fsp3) is 0.316. The molecule has 0 saturated heterocycles. The first-order chi connectivity index (χ1) is 12.6. The van der Waals surface area contributed by atoms with Gasteiger partial charge >= 0.3 is 0 Å². The third-order valence-electron chi connectivity index (χ3n) is 4.08. The summed E-state index contributed by atoms with van der Waals surface area (Å²) in [7, 11) is -0.631. The Labute approximate surface area is 159 Å². The molecule has 0 aliphatic heterocycles. The van der Waals surface area contributed by atoms with Gasteiger partial charge in [-0.15, -0.1) is 0 Å². The maximum Gasteiger partial charge on any atom is 0.246 e. The summed E-state index contributed by atoms with van der Waals surface area (Å²) >= 11 is 0. The molecule has 0 bridgehead atoms. The number of ether oxygens (including phenoxy) is 1. The van der Waals surface area contributed by atoms with Crippen LogP contribution in [0.2, 0.25) is 0 Å². The smallest absolute Gasteiger partial charge is 0.246 e. The molecule has 0 aliphatic carbocycles. The van der Waals surface area contributed by atoms with Crippen molar-refractivity contribution in [1.82, 2.24) is 4.90 Å². The highest BCUT2D eigenvalue weighted by Crippen LogP contribution is 2.23. The molecule has 0 saturated carbocycles. The maximum atomic E-state index is 13.6. The molecule has 2 aromatic carbocycles. The number of likely N-dealkylation sites (N-methyl/N-ethyl adjacent to an activating group) is 1. The van der Waals surface area contributed by atoms with Gasteiger partial charge in [-0.3, -0.25) is 9.10 Å². The number of hydrogen-bond donors (Lipinski definition) is 0. The van der Waals surface area contributed by atoms with Gasteiger partial charge in [-0.2, -0.15) is 0 Å². The number of anilines is 1. The molecule has 0 aromatic heterocycles. The SMILES string of the molecule is COc1ccc(CN(C)C(=O)[C@H](C)N(c2cccc(F)c2)S(C)(=O)=O)cc1. The second-order valence-electron chi connectivity index (χ2n) is 6.26. The molecule has 0 aliphatic rings. The fourth-order valence-electron chi connectivity index (χ4n) is 2.82. The number of sulfonamides is 1. The molecule has 0 N–H and O–H groups in total. The minimum atomic E-state index is -3.79.